The number of carboxylic acids is 1. The van der Waals surface area contributed by atoms with Crippen molar-refractivity contribution >= 4 is 17.7 Å². The van der Waals surface area contributed by atoms with Gasteiger partial charge < -0.3 is 9.84 Å². The standard InChI is InChI=1S/C16H13NO3S/c1-20-13-3-5-14(6-4-13)21-15-7-2-11(9-16(18)19)8-12(15)10-17/h2-8H,9H2,1H3,(H,18,19). The summed E-state index contributed by atoms with van der Waals surface area (Å²) in [5.74, 6) is -0.133. The fourth-order valence-corrected chi connectivity index (χ4v) is 2.69. The summed E-state index contributed by atoms with van der Waals surface area (Å²) in [4.78, 5) is 12.5. The number of nitriles is 1. The van der Waals surface area contributed by atoms with Crippen molar-refractivity contribution in [1.82, 2.24) is 0 Å². The van der Waals surface area contributed by atoms with E-state index in [-0.39, 0.29) is 6.42 Å². The molecule has 106 valence electrons. The zero-order valence-corrected chi connectivity index (χ0v) is 12.2. The normalized spacial score (nSPS) is 9.90. The van der Waals surface area contributed by atoms with Crippen molar-refractivity contribution in [2.45, 2.75) is 16.2 Å². The predicted octanol–water partition coefficient (Wildman–Crippen LogP) is 3.35. The van der Waals surface area contributed by atoms with E-state index in [4.69, 9.17) is 9.84 Å². The van der Waals surface area contributed by atoms with Gasteiger partial charge in [0, 0.05) is 9.79 Å². The number of hydrogen-bond donors (Lipinski definition) is 1. The minimum atomic E-state index is -0.908. The summed E-state index contributed by atoms with van der Waals surface area (Å²) in [7, 11) is 1.61. The zero-order valence-electron chi connectivity index (χ0n) is 11.4. The Morgan fingerprint density at radius 1 is 1.29 bits per heavy atom. The van der Waals surface area contributed by atoms with Crippen LogP contribution in [0.4, 0.5) is 0 Å². The van der Waals surface area contributed by atoms with Gasteiger partial charge in [0.05, 0.1) is 19.1 Å². The van der Waals surface area contributed by atoms with E-state index in [0.717, 1.165) is 15.5 Å². The molecule has 5 heteroatoms. The van der Waals surface area contributed by atoms with Gasteiger partial charge in [-0.2, -0.15) is 5.26 Å². The Morgan fingerprint density at radius 2 is 2.00 bits per heavy atom. The van der Waals surface area contributed by atoms with E-state index in [0.29, 0.717) is 11.1 Å². The second-order valence-electron chi connectivity index (χ2n) is 4.29. The van der Waals surface area contributed by atoms with Crippen LogP contribution in [0.25, 0.3) is 0 Å². The first-order valence-corrected chi connectivity index (χ1v) is 7.00. The average molecular weight is 299 g/mol. The van der Waals surface area contributed by atoms with E-state index >= 15 is 0 Å². The maximum absolute atomic E-state index is 10.7. The number of aliphatic carboxylic acids is 1. The summed E-state index contributed by atoms with van der Waals surface area (Å²) in [6.07, 6.45) is -0.0812. The molecule has 0 unspecified atom stereocenters. The number of carbonyl (C=O) groups is 1. The lowest BCUT2D eigenvalue weighted by Crippen LogP contribution is -2.00. The minimum Gasteiger partial charge on any atom is -0.497 e. The van der Waals surface area contributed by atoms with E-state index in [1.165, 1.54) is 11.8 Å². The molecule has 0 fully saturated rings. The highest BCUT2D eigenvalue weighted by molar-refractivity contribution is 7.99. The Morgan fingerprint density at radius 3 is 2.57 bits per heavy atom. The van der Waals surface area contributed by atoms with Crippen molar-refractivity contribution in [3.05, 3.63) is 53.6 Å². The summed E-state index contributed by atoms with van der Waals surface area (Å²) in [6, 6.07) is 14.8. The number of ether oxygens (including phenoxy) is 1. The quantitative estimate of drug-likeness (QED) is 0.916. The summed E-state index contributed by atoms with van der Waals surface area (Å²) < 4.78 is 5.10. The van der Waals surface area contributed by atoms with E-state index in [1.54, 1.807) is 25.3 Å². The lowest BCUT2D eigenvalue weighted by atomic mass is 10.1. The molecular formula is C16H13NO3S. The van der Waals surface area contributed by atoms with Gasteiger partial charge in [-0.05, 0) is 42.0 Å². The van der Waals surface area contributed by atoms with Crippen LogP contribution in [0.3, 0.4) is 0 Å². The third-order valence-electron chi connectivity index (χ3n) is 2.81. The molecule has 0 aliphatic heterocycles. The second kappa shape index (κ2) is 6.82. The average Bonchev–Trinajstić information content (AvgIpc) is 2.49. The lowest BCUT2D eigenvalue weighted by Gasteiger charge is -2.07. The molecule has 0 amide bonds. The number of benzene rings is 2. The SMILES string of the molecule is COc1ccc(Sc2ccc(CC(=O)O)cc2C#N)cc1. The Labute approximate surface area is 127 Å². The molecular weight excluding hydrogens is 286 g/mol. The van der Waals surface area contributed by atoms with Crippen molar-refractivity contribution in [1.29, 1.82) is 5.26 Å². The number of rotatable bonds is 5. The van der Waals surface area contributed by atoms with Crippen LogP contribution in [0, 0.1) is 11.3 Å². The molecule has 2 rings (SSSR count). The van der Waals surface area contributed by atoms with Crippen LogP contribution < -0.4 is 4.74 Å². The van der Waals surface area contributed by atoms with Gasteiger partial charge in [-0.15, -0.1) is 0 Å². The number of hydrogen-bond acceptors (Lipinski definition) is 4. The van der Waals surface area contributed by atoms with Gasteiger partial charge in [0.1, 0.15) is 11.8 Å². The molecule has 1 N–H and O–H groups in total. The van der Waals surface area contributed by atoms with Crippen LogP contribution >= 0.6 is 11.8 Å². The summed E-state index contributed by atoms with van der Waals surface area (Å²) in [5, 5.41) is 18.0. The molecule has 2 aromatic rings. The molecule has 0 aromatic heterocycles. The van der Waals surface area contributed by atoms with Gasteiger partial charge in [-0.3, -0.25) is 4.79 Å². The van der Waals surface area contributed by atoms with E-state index < -0.39 is 5.97 Å². The molecule has 2 aromatic carbocycles. The molecule has 0 saturated carbocycles. The summed E-state index contributed by atoms with van der Waals surface area (Å²) in [5.41, 5.74) is 1.10. The third-order valence-corrected chi connectivity index (χ3v) is 3.89. The molecule has 4 nitrogen and oxygen atoms in total. The topological polar surface area (TPSA) is 70.3 Å². The van der Waals surface area contributed by atoms with Crippen molar-refractivity contribution < 1.29 is 14.6 Å². The molecule has 0 saturated heterocycles. The first kappa shape index (κ1) is 14.9. The Kier molecular flexibility index (Phi) is 4.85. The van der Waals surface area contributed by atoms with Gasteiger partial charge in [-0.25, -0.2) is 0 Å². The van der Waals surface area contributed by atoms with E-state index in [2.05, 4.69) is 6.07 Å². The van der Waals surface area contributed by atoms with Gasteiger partial charge in [-0.1, -0.05) is 17.8 Å². The smallest absolute Gasteiger partial charge is 0.307 e. The predicted molar refractivity (Wildman–Crippen MR) is 79.6 cm³/mol. The molecule has 0 aliphatic carbocycles. The van der Waals surface area contributed by atoms with Crippen molar-refractivity contribution in [3.8, 4) is 11.8 Å². The largest absolute Gasteiger partial charge is 0.497 e. The lowest BCUT2D eigenvalue weighted by molar-refractivity contribution is -0.136. The first-order chi connectivity index (χ1) is 10.1. The maximum Gasteiger partial charge on any atom is 0.307 e. The molecule has 0 heterocycles. The molecule has 0 bridgehead atoms. The van der Waals surface area contributed by atoms with E-state index in [9.17, 15) is 10.1 Å². The van der Waals surface area contributed by atoms with Crippen molar-refractivity contribution in [2.75, 3.05) is 7.11 Å². The number of methoxy groups -OCH3 is 1. The van der Waals surface area contributed by atoms with Crippen LogP contribution in [0.15, 0.2) is 52.3 Å². The van der Waals surface area contributed by atoms with Crippen molar-refractivity contribution in [2.24, 2.45) is 0 Å². The molecule has 0 aliphatic rings. The first-order valence-electron chi connectivity index (χ1n) is 6.19. The Hall–Kier alpha value is -2.45. The van der Waals surface area contributed by atoms with Gasteiger partial charge in [0.15, 0.2) is 0 Å². The minimum absolute atomic E-state index is 0.0812. The van der Waals surface area contributed by atoms with Crippen molar-refractivity contribution in [3.63, 3.8) is 0 Å². The Bertz CT molecular complexity index is 690. The third kappa shape index (κ3) is 4.01. The molecule has 0 spiro atoms. The molecule has 21 heavy (non-hydrogen) atoms. The van der Waals surface area contributed by atoms with Crippen LogP contribution in [-0.2, 0) is 11.2 Å². The van der Waals surface area contributed by atoms with Crippen LogP contribution in [0.5, 0.6) is 5.75 Å². The fraction of sp³-hybridized carbons (Fsp3) is 0.125. The van der Waals surface area contributed by atoms with Crippen LogP contribution in [-0.4, -0.2) is 18.2 Å². The molecule has 0 atom stereocenters. The highest BCUT2D eigenvalue weighted by Crippen LogP contribution is 2.31. The van der Waals surface area contributed by atoms with Crippen LogP contribution in [0.1, 0.15) is 11.1 Å². The van der Waals surface area contributed by atoms with Gasteiger partial charge in [0.25, 0.3) is 0 Å². The highest BCUT2D eigenvalue weighted by Gasteiger charge is 2.08. The summed E-state index contributed by atoms with van der Waals surface area (Å²) in [6.45, 7) is 0. The fourth-order valence-electron chi connectivity index (χ4n) is 1.81. The summed E-state index contributed by atoms with van der Waals surface area (Å²) >= 11 is 1.46. The highest BCUT2D eigenvalue weighted by atomic mass is 32.2. The van der Waals surface area contributed by atoms with E-state index in [1.807, 2.05) is 24.3 Å². The van der Waals surface area contributed by atoms with Crippen LogP contribution in [0.2, 0.25) is 0 Å². The zero-order chi connectivity index (χ0) is 15.2. The number of carboxylic acid groups (broad SMARTS) is 1. The second-order valence-corrected chi connectivity index (χ2v) is 5.41. The maximum atomic E-state index is 10.7. The van der Waals surface area contributed by atoms with Gasteiger partial charge in [0.2, 0.25) is 0 Å². The molecule has 0 radical (unpaired) electrons. The Balaban J connectivity index is 2.22. The van der Waals surface area contributed by atoms with Gasteiger partial charge >= 0.3 is 5.97 Å². The number of nitrogens with zero attached hydrogens (tertiary/aromatic N) is 1. The monoisotopic (exact) mass is 299 g/mol.